The minimum atomic E-state index is -0.426. The molecule has 0 unspecified atom stereocenters. The quantitative estimate of drug-likeness (QED) is 0.874. The lowest BCUT2D eigenvalue weighted by Crippen LogP contribution is -2.23. The van der Waals surface area contributed by atoms with Crippen molar-refractivity contribution >= 4 is 11.6 Å². The normalized spacial score (nSPS) is 13.9. The molecular weight excluding hydrogens is 283 g/mol. The van der Waals surface area contributed by atoms with E-state index in [1.807, 2.05) is 24.3 Å². The van der Waals surface area contributed by atoms with Crippen LogP contribution in [-0.2, 0) is 0 Å². The minimum absolute atomic E-state index is 0.289. The van der Waals surface area contributed by atoms with Gasteiger partial charge in [0, 0.05) is 12.0 Å². The van der Waals surface area contributed by atoms with Crippen LogP contribution in [0.2, 0.25) is 0 Å². The van der Waals surface area contributed by atoms with Crippen molar-refractivity contribution in [1.82, 2.24) is 5.01 Å². The Kier molecular flexibility index (Phi) is 3.87. The molecule has 0 bridgehead atoms. The highest BCUT2D eigenvalue weighted by atomic mass is 19.1. The second kappa shape index (κ2) is 5.97. The standard InChI is InChI=1S/C17H15FN2O2/c1-22-15-7-5-12(6-8-15)16-9-10-20(19-16)17(21)13-3-2-4-14(18)11-13/h2-8,11H,9-10H2,1H3. The molecular formula is C17H15FN2O2. The molecule has 112 valence electrons. The zero-order chi connectivity index (χ0) is 15.5. The topological polar surface area (TPSA) is 41.9 Å². The fourth-order valence-electron chi connectivity index (χ4n) is 2.36. The molecule has 0 fully saturated rings. The van der Waals surface area contributed by atoms with Gasteiger partial charge in [0.15, 0.2) is 0 Å². The summed E-state index contributed by atoms with van der Waals surface area (Å²) in [7, 11) is 1.61. The van der Waals surface area contributed by atoms with Crippen molar-refractivity contribution in [1.29, 1.82) is 0 Å². The van der Waals surface area contributed by atoms with Gasteiger partial charge in [0.25, 0.3) is 5.91 Å². The van der Waals surface area contributed by atoms with Crippen LogP contribution >= 0.6 is 0 Å². The van der Waals surface area contributed by atoms with Crippen LogP contribution in [0, 0.1) is 5.82 Å². The summed E-state index contributed by atoms with van der Waals surface area (Å²) in [6, 6.07) is 13.2. The van der Waals surface area contributed by atoms with Crippen LogP contribution in [0.3, 0.4) is 0 Å². The highest BCUT2D eigenvalue weighted by Gasteiger charge is 2.22. The van der Waals surface area contributed by atoms with Crippen LogP contribution in [0.1, 0.15) is 22.3 Å². The Bertz CT molecular complexity index is 726. The molecule has 0 saturated carbocycles. The number of benzene rings is 2. The van der Waals surface area contributed by atoms with Crippen molar-refractivity contribution in [3.05, 3.63) is 65.5 Å². The molecule has 2 aromatic rings. The lowest BCUT2D eigenvalue weighted by molar-refractivity contribution is 0.0778. The molecule has 1 amide bonds. The molecule has 0 atom stereocenters. The van der Waals surface area contributed by atoms with E-state index in [-0.39, 0.29) is 5.91 Å². The Morgan fingerprint density at radius 1 is 1.23 bits per heavy atom. The van der Waals surface area contributed by atoms with E-state index in [0.29, 0.717) is 18.5 Å². The van der Waals surface area contributed by atoms with Crippen LogP contribution < -0.4 is 4.74 Å². The first-order valence-corrected chi connectivity index (χ1v) is 6.97. The summed E-state index contributed by atoms with van der Waals surface area (Å²) in [6.45, 7) is 0.497. The third-order valence-corrected chi connectivity index (χ3v) is 3.53. The summed E-state index contributed by atoms with van der Waals surface area (Å²) >= 11 is 0. The summed E-state index contributed by atoms with van der Waals surface area (Å²) in [5, 5.41) is 5.74. The Morgan fingerprint density at radius 2 is 2.00 bits per heavy atom. The zero-order valence-electron chi connectivity index (χ0n) is 12.1. The van der Waals surface area contributed by atoms with E-state index in [0.717, 1.165) is 17.0 Å². The Balaban J connectivity index is 1.80. The largest absolute Gasteiger partial charge is 0.497 e. The Labute approximate surface area is 127 Å². The summed E-state index contributed by atoms with van der Waals surface area (Å²) in [4.78, 5) is 12.3. The molecule has 3 rings (SSSR count). The zero-order valence-corrected chi connectivity index (χ0v) is 12.1. The number of halogens is 1. The van der Waals surface area contributed by atoms with E-state index in [1.54, 1.807) is 13.2 Å². The highest BCUT2D eigenvalue weighted by Crippen LogP contribution is 2.19. The van der Waals surface area contributed by atoms with E-state index in [4.69, 9.17) is 4.74 Å². The molecule has 0 aromatic heterocycles. The van der Waals surface area contributed by atoms with Crippen LogP contribution in [0.25, 0.3) is 0 Å². The van der Waals surface area contributed by atoms with Crippen molar-refractivity contribution in [2.75, 3.05) is 13.7 Å². The van der Waals surface area contributed by atoms with Gasteiger partial charge in [-0.2, -0.15) is 5.10 Å². The van der Waals surface area contributed by atoms with E-state index >= 15 is 0 Å². The maximum atomic E-state index is 13.2. The molecule has 0 aliphatic carbocycles. The first-order chi connectivity index (χ1) is 10.7. The van der Waals surface area contributed by atoms with Gasteiger partial charge in [0.1, 0.15) is 11.6 Å². The smallest absolute Gasteiger partial charge is 0.274 e. The van der Waals surface area contributed by atoms with Crippen LogP contribution in [0.4, 0.5) is 4.39 Å². The highest BCUT2D eigenvalue weighted by molar-refractivity contribution is 6.04. The molecule has 1 aliphatic heterocycles. The van der Waals surface area contributed by atoms with Crippen molar-refractivity contribution in [3.8, 4) is 5.75 Å². The predicted octanol–water partition coefficient (Wildman–Crippen LogP) is 3.08. The van der Waals surface area contributed by atoms with Gasteiger partial charge in [-0.3, -0.25) is 4.79 Å². The van der Waals surface area contributed by atoms with Crippen LogP contribution in [0.5, 0.6) is 5.75 Å². The molecule has 4 nitrogen and oxygen atoms in total. The predicted molar refractivity (Wildman–Crippen MR) is 81.6 cm³/mol. The molecule has 0 radical (unpaired) electrons. The maximum absolute atomic E-state index is 13.2. The molecule has 5 heteroatoms. The summed E-state index contributed by atoms with van der Waals surface area (Å²) in [5.74, 6) is 0.0578. The third-order valence-electron chi connectivity index (χ3n) is 3.53. The van der Waals surface area contributed by atoms with E-state index in [1.165, 1.54) is 23.2 Å². The fraction of sp³-hybridized carbons (Fsp3) is 0.176. The minimum Gasteiger partial charge on any atom is -0.497 e. The van der Waals surface area contributed by atoms with Gasteiger partial charge in [-0.1, -0.05) is 6.07 Å². The maximum Gasteiger partial charge on any atom is 0.274 e. The Morgan fingerprint density at radius 3 is 2.68 bits per heavy atom. The number of ether oxygens (including phenoxy) is 1. The van der Waals surface area contributed by atoms with Gasteiger partial charge in [0.05, 0.1) is 19.4 Å². The second-order valence-corrected chi connectivity index (χ2v) is 4.96. The lowest BCUT2D eigenvalue weighted by atomic mass is 10.1. The second-order valence-electron chi connectivity index (χ2n) is 4.96. The van der Waals surface area contributed by atoms with Gasteiger partial charge in [-0.25, -0.2) is 9.40 Å². The SMILES string of the molecule is COc1ccc(C2=NN(C(=O)c3cccc(F)c3)CC2)cc1. The number of nitrogens with zero attached hydrogens (tertiary/aromatic N) is 2. The van der Waals surface area contributed by atoms with Crippen LogP contribution in [0.15, 0.2) is 53.6 Å². The van der Waals surface area contributed by atoms with Crippen molar-refractivity contribution in [2.24, 2.45) is 5.10 Å². The van der Waals surface area contributed by atoms with E-state index in [2.05, 4.69) is 5.10 Å². The molecule has 22 heavy (non-hydrogen) atoms. The first-order valence-electron chi connectivity index (χ1n) is 6.97. The van der Waals surface area contributed by atoms with Gasteiger partial charge < -0.3 is 4.74 Å². The molecule has 1 heterocycles. The van der Waals surface area contributed by atoms with Gasteiger partial charge in [0.2, 0.25) is 0 Å². The van der Waals surface area contributed by atoms with E-state index in [9.17, 15) is 9.18 Å². The average Bonchev–Trinajstić information content (AvgIpc) is 3.04. The number of hydrogen-bond acceptors (Lipinski definition) is 3. The molecule has 2 aromatic carbocycles. The Hall–Kier alpha value is -2.69. The molecule has 0 saturated heterocycles. The first kappa shape index (κ1) is 14.3. The summed E-state index contributed by atoms with van der Waals surface area (Å²) in [6.07, 6.45) is 0.674. The summed E-state index contributed by atoms with van der Waals surface area (Å²) in [5.41, 5.74) is 2.10. The number of amides is 1. The fourth-order valence-corrected chi connectivity index (χ4v) is 2.36. The molecule has 1 aliphatic rings. The monoisotopic (exact) mass is 298 g/mol. The number of hydrogen-bond donors (Lipinski definition) is 0. The third kappa shape index (κ3) is 2.83. The number of hydrazone groups is 1. The van der Waals surface area contributed by atoms with Crippen molar-refractivity contribution < 1.29 is 13.9 Å². The van der Waals surface area contributed by atoms with Crippen LogP contribution in [-0.4, -0.2) is 30.3 Å². The van der Waals surface area contributed by atoms with Gasteiger partial charge >= 0.3 is 0 Å². The molecule has 0 spiro atoms. The van der Waals surface area contributed by atoms with Gasteiger partial charge in [-0.15, -0.1) is 0 Å². The van der Waals surface area contributed by atoms with Crippen molar-refractivity contribution in [2.45, 2.75) is 6.42 Å². The molecule has 0 N–H and O–H groups in total. The number of methoxy groups -OCH3 is 1. The lowest BCUT2D eigenvalue weighted by Gasteiger charge is -2.11. The van der Waals surface area contributed by atoms with Crippen molar-refractivity contribution in [3.63, 3.8) is 0 Å². The number of carbonyl (C=O) groups excluding carboxylic acids is 1. The summed E-state index contributed by atoms with van der Waals surface area (Å²) < 4.78 is 18.3. The number of rotatable bonds is 3. The average molecular weight is 298 g/mol. The van der Waals surface area contributed by atoms with Gasteiger partial charge in [-0.05, 0) is 48.0 Å². The van der Waals surface area contributed by atoms with E-state index < -0.39 is 5.82 Å². The number of carbonyl (C=O) groups is 1.